The molecule has 0 aromatic carbocycles. The van der Waals surface area contributed by atoms with Crippen LogP contribution in [0.25, 0.3) is 0 Å². The molecule has 0 radical (unpaired) electrons. The Morgan fingerprint density at radius 3 is 3.18 bits per heavy atom. The minimum atomic E-state index is -0.302. The third-order valence-corrected chi connectivity index (χ3v) is 3.35. The van der Waals surface area contributed by atoms with Crippen molar-refractivity contribution in [2.75, 3.05) is 26.2 Å². The van der Waals surface area contributed by atoms with Crippen LogP contribution in [-0.4, -0.2) is 38.3 Å². The molecule has 0 bridgehead atoms. The molecular weight excluding hydrogens is 216 g/mol. The van der Waals surface area contributed by atoms with Gasteiger partial charge in [-0.05, 0) is 32.1 Å². The molecule has 0 saturated carbocycles. The van der Waals surface area contributed by atoms with Crippen molar-refractivity contribution >= 4 is 5.91 Å². The smallest absolute Gasteiger partial charge is 0.250 e. The topological polar surface area (TPSA) is 50.4 Å². The maximum Gasteiger partial charge on any atom is 0.250 e. The highest BCUT2D eigenvalue weighted by Crippen LogP contribution is 2.19. The van der Waals surface area contributed by atoms with Crippen molar-refractivity contribution < 1.29 is 9.53 Å². The third kappa shape index (κ3) is 4.13. The van der Waals surface area contributed by atoms with Gasteiger partial charge in [0, 0.05) is 19.6 Å². The number of carbonyl (C=O) groups excluding carboxylic acids is 1. The van der Waals surface area contributed by atoms with Crippen LogP contribution in [0.3, 0.4) is 0 Å². The van der Waals surface area contributed by atoms with Gasteiger partial charge in [0.1, 0.15) is 6.10 Å². The molecule has 0 aromatic heterocycles. The first kappa shape index (κ1) is 12.6. The highest BCUT2D eigenvalue weighted by atomic mass is 16.5. The first-order valence-corrected chi connectivity index (χ1v) is 6.64. The van der Waals surface area contributed by atoms with E-state index in [4.69, 9.17) is 4.74 Å². The van der Waals surface area contributed by atoms with Gasteiger partial charge in [-0.1, -0.05) is 11.6 Å². The fourth-order valence-corrected chi connectivity index (χ4v) is 2.33. The van der Waals surface area contributed by atoms with Crippen LogP contribution in [-0.2, 0) is 9.53 Å². The lowest BCUT2D eigenvalue weighted by Crippen LogP contribution is -2.48. The van der Waals surface area contributed by atoms with E-state index in [2.05, 4.69) is 16.7 Å². The number of hydrogen-bond acceptors (Lipinski definition) is 3. The molecule has 1 atom stereocenters. The summed E-state index contributed by atoms with van der Waals surface area (Å²) >= 11 is 0. The number of morpholine rings is 1. The van der Waals surface area contributed by atoms with Crippen LogP contribution in [0.4, 0.5) is 0 Å². The van der Waals surface area contributed by atoms with Crippen molar-refractivity contribution in [3.8, 4) is 0 Å². The second-order valence-corrected chi connectivity index (χ2v) is 4.71. The zero-order chi connectivity index (χ0) is 11.9. The van der Waals surface area contributed by atoms with Gasteiger partial charge in [-0.25, -0.2) is 0 Å². The van der Waals surface area contributed by atoms with Gasteiger partial charge in [0.05, 0.1) is 6.61 Å². The predicted octanol–water partition coefficient (Wildman–Crippen LogP) is 0.981. The number of nitrogens with one attached hydrogen (secondary N) is 2. The summed E-state index contributed by atoms with van der Waals surface area (Å²) in [6, 6.07) is 0. The average molecular weight is 238 g/mol. The summed E-state index contributed by atoms with van der Waals surface area (Å²) in [5.41, 5.74) is 1.50. The molecule has 4 heteroatoms. The van der Waals surface area contributed by atoms with E-state index in [-0.39, 0.29) is 12.0 Å². The number of hydrogen-bond donors (Lipinski definition) is 2. The van der Waals surface area contributed by atoms with E-state index < -0.39 is 0 Å². The lowest BCUT2D eigenvalue weighted by Gasteiger charge is -2.23. The molecule has 0 spiro atoms. The average Bonchev–Trinajstić information content (AvgIpc) is 2.41. The molecule has 1 unspecified atom stereocenters. The van der Waals surface area contributed by atoms with Gasteiger partial charge in [0.15, 0.2) is 0 Å². The second-order valence-electron chi connectivity index (χ2n) is 4.71. The van der Waals surface area contributed by atoms with E-state index in [0.717, 1.165) is 19.5 Å². The van der Waals surface area contributed by atoms with Crippen LogP contribution in [0.15, 0.2) is 11.6 Å². The van der Waals surface area contributed by atoms with E-state index in [0.29, 0.717) is 13.2 Å². The van der Waals surface area contributed by atoms with Crippen LogP contribution in [0, 0.1) is 0 Å². The molecule has 2 rings (SSSR count). The highest BCUT2D eigenvalue weighted by molar-refractivity contribution is 5.81. The van der Waals surface area contributed by atoms with E-state index >= 15 is 0 Å². The van der Waals surface area contributed by atoms with Gasteiger partial charge < -0.3 is 15.4 Å². The number of allylic oxidation sites excluding steroid dienone is 1. The molecule has 2 aliphatic rings. The standard InChI is InChI=1S/C13H22N2O2/c16-13(12-10-14-8-9-17-12)15-7-6-11-4-2-1-3-5-11/h4,12,14H,1-3,5-10H2,(H,15,16). The maximum atomic E-state index is 11.7. The first-order chi connectivity index (χ1) is 8.36. The minimum absolute atomic E-state index is 0.0219. The molecule has 4 nitrogen and oxygen atoms in total. The summed E-state index contributed by atoms with van der Waals surface area (Å²) in [4.78, 5) is 11.7. The lowest BCUT2D eigenvalue weighted by atomic mass is 9.97. The quantitative estimate of drug-likeness (QED) is 0.718. The van der Waals surface area contributed by atoms with Crippen molar-refractivity contribution in [2.24, 2.45) is 0 Å². The SMILES string of the molecule is O=C(NCCC1=CCCCC1)C1CNCCO1. The summed E-state index contributed by atoms with van der Waals surface area (Å²) in [5, 5.41) is 6.11. The predicted molar refractivity (Wildman–Crippen MR) is 66.8 cm³/mol. The number of rotatable bonds is 4. The molecular formula is C13H22N2O2. The molecule has 1 amide bonds. The number of amides is 1. The first-order valence-electron chi connectivity index (χ1n) is 6.64. The van der Waals surface area contributed by atoms with Gasteiger partial charge in [-0.15, -0.1) is 0 Å². The van der Waals surface area contributed by atoms with Crippen LogP contribution < -0.4 is 10.6 Å². The van der Waals surface area contributed by atoms with Crippen LogP contribution in [0.2, 0.25) is 0 Å². The molecule has 1 saturated heterocycles. The fraction of sp³-hybridized carbons (Fsp3) is 0.769. The highest BCUT2D eigenvalue weighted by Gasteiger charge is 2.20. The summed E-state index contributed by atoms with van der Waals surface area (Å²) in [7, 11) is 0. The Balaban J connectivity index is 1.63. The van der Waals surface area contributed by atoms with Crippen molar-refractivity contribution in [3.63, 3.8) is 0 Å². The number of ether oxygens (including phenoxy) is 1. The van der Waals surface area contributed by atoms with Gasteiger partial charge in [-0.3, -0.25) is 4.79 Å². The lowest BCUT2D eigenvalue weighted by molar-refractivity contribution is -0.134. The van der Waals surface area contributed by atoms with Gasteiger partial charge in [-0.2, -0.15) is 0 Å². The van der Waals surface area contributed by atoms with Crippen LogP contribution in [0.1, 0.15) is 32.1 Å². The summed E-state index contributed by atoms with van der Waals surface area (Å²) < 4.78 is 5.39. The Hall–Kier alpha value is -0.870. The molecule has 1 aliphatic heterocycles. The summed E-state index contributed by atoms with van der Waals surface area (Å²) in [6.07, 6.45) is 8.05. The van der Waals surface area contributed by atoms with Crippen molar-refractivity contribution in [3.05, 3.63) is 11.6 Å². The summed E-state index contributed by atoms with van der Waals surface area (Å²) in [6.45, 7) is 2.85. The Morgan fingerprint density at radius 2 is 2.47 bits per heavy atom. The summed E-state index contributed by atoms with van der Waals surface area (Å²) in [5.74, 6) is 0.0219. The molecule has 1 fully saturated rings. The second kappa shape index (κ2) is 6.77. The molecule has 96 valence electrons. The Morgan fingerprint density at radius 1 is 1.53 bits per heavy atom. The van der Waals surface area contributed by atoms with E-state index in [9.17, 15) is 4.79 Å². The van der Waals surface area contributed by atoms with Gasteiger partial charge in [0.2, 0.25) is 5.91 Å². The molecule has 1 aliphatic carbocycles. The fourth-order valence-electron chi connectivity index (χ4n) is 2.33. The third-order valence-electron chi connectivity index (χ3n) is 3.35. The Labute approximate surface area is 103 Å². The molecule has 17 heavy (non-hydrogen) atoms. The van der Waals surface area contributed by atoms with Crippen molar-refractivity contribution in [2.45, 2.75) is 38.2 Å². The van der Waals surface area contributed by atoms with Crippen LogP contribution >= 0.6 is 0 Å². The normalized spacial score (nSPS) is 25.2. The number of carbonyl (C=O) groups is 1. The Bertz CT molecular complexity index is 283. The molecule has 1 heterocycles. The molecule has 0 aromatic rings. The van der Waals surface area contributed by atoms with E-state index in [1.807, 2.05) is 0 Å². The largest absolute Gasteiger partial charge is 0.366 e. The zero-order valence-corrected chi connectivity index (χ0v) is 10.3. The van der Waals surface area contributed by atoms with E-state index in [1.54, 1.807) is 0 Å². The van der Waals surface area contributed by atoms with E-state index in [1.165, 1.54) is 31.3 Å². The zero-order valence-electron chi connectivity index (χ0n) is 10.3. The van der Waals surface area contributed by atoms with Crippen LogP contribution in [0.5, 0.6) is 0 Å². The van der Waals surface area contributed by atoms with Crippen molar-refractivity contribution in [1.29, 1.82) is 0 Å². The molecule has 2 N–H and O–H groups in total. The minimum Gasteiger partial charge on any atom is -0.366 e. The van der Waals surface area contributed by atoms with Gasteiger partial charge in [0.25, 0.3) is 0 Å². The van der Waals surface area contributed by atoms with Crippen molar-refractivity contribution in [1.82, 2.24) is 10.6 Å². The Kier molecular flexibility index (Phi) is 5.01. The maximum absolute atomic E-state index is 11.7. The van der Waals surface area contributed by atoms with Gasteiger partial charge >= 0.3 is 0 Å². The monoisotopic (exact) mass is 238 g/mol.